The van der Waals surface area contributed by atoms with Crippen LogP contribution in [0.15, 0.2) is 42.7 Å². The van der Waals surface area contributed by atoms with Gasteiger partial charge >= 0.3 is 0 Å². The minimum Gasteiger partial charge on any atom is -0.368 e. The Kier molecular flexibility index (Phi) is 5.16. The lowest BCUT2D eigenvalue weighted by Gasteiger charge is -2.12. The number of hydrogen-bond acceptors (Lipinski definition) is 3. The summed E-state index contributed by atoms with van der Waals surface area (Å²) in [6.07, 6.45) is 3.65. The van der Waals surface area contributed by atoms with E-state index in [9.17, 15) is 0 Å². The third-order valence-corrected chi connectivity index (χ3v) is 3.26. The molecule has 100 valence electrons. The van der Waals surface area contributed by atoms with Crippen molar-refractivity contribution in [3.05, 3.63) is 54.0 Å². The van der Waals surface area contributed by atoms with Crippen molar-refractivity contribution < 1.29 is 0 Å². The quantitative estimate of drug-likeness (QED) is 0.815. The minimum absolute atomic E-state index is 0.0641. The molecule has 0 saturated carbocycles. The molecule has 0 radical (unpaired) electrons. The van der Waals surface area contributed by atoms with Crippen molar-refractivity contribution in [1.82, 2.24) is 9.97 Å². The van der Waals surface area contributed by atoms with E-state index in [0.29, 0.717) is 6.54 Å². The molecule has 4 heteroatoms. The largest absolute Gasteiger partial charge is 0.368 e. The summed E-state index contributed by atoms with van der Waals surface area (Å²) < 4.78 is 0. The molecule has 0 fully saturated rings. The summed E-state index contributed by atoms with van der Waals surface area (Å²) in [5.41, 5.74) is 2.17. The first-order valence-corrected chi connectivity index (χ1v) is 6.97. The van der Waals surface area contributed by atoms with Gasteiger partial charge in [-0.3, -0.25) is 0 Å². The highest BCUT2D eigenvalue weighted by atomic mass is 35.5. The van der Waals surface area contributed by atoms with Gasteiger partial charge in [-0.05, 0) is 12.0 Å². The highest BCUT2D eigenvalue weighted by molar-refractivity contribution is 6.21. The number of hydrogen-bond donors (Lipinski definition) is 1. The Morgan fingerprint density at radius 3 is 2.74 bits per heavy atom. The van der Waals surface area contributed by atoms with Gasteiger partial charge < -0.3 is 5.32 Å². The molecule has 1 heterocycles. The van der Waals surface area contributed by atoms with Crippen LogP contribution in [0.3, 0.4) is 0 Å². The molecule has 2 rings (SSSR count). The Morgan fingerprint density at radius 2 is 2.00 bits per heavy atom. The normalized spacial score (nSPS) is 12.1. The fraction of sp³-hybridized carbons (Fsp3) is 0.333. The molecule has 3 nitrogen and oxygen atoms in total. The van der Waals surface area contributed by atoms with Gasteiger partial charge in [0.25, 0.3) is 0 Å². The van der Waals surface area contributed by atoms with Gasteiger partial charge in [0.15, 0.2) is 0 Å². The summed E-state index contributed by atoms with van der Waals surface area (Å²) in [6, 6.07) is 12.0. The number of nitrogens with zero attached hydrogens (tertiary/aromatic N) is 2. The minimum atomic E-state index is -0.0641. The van der Waals surface area contributed by atoms with Crippen LogP contribution in [-0.4, -0.2) is 16.5 Å². The maximum absolute atomic E-state index is 6.35. The first-order chi connectivity index (χ1) is 9.29. The van der Waals surface area contributed by atoms with Crippen LogP contribution in [0.1, 0.15) is 30.0 Å². The van der Waals surface area contributed by atoms with Crippen molar-refractivity contribution in [2.45, 2.75) is 25.1 Å². The monoisotopic (exact) mass is 275 g/mol. The van der Waals surface area contributed by atoms with Gasteiger partial charge in [0, 0.05) is 18.3 Å². The van der Waals surface area contributed by atoms with Crippen LogP contribution in [0.25, 0.3) is 0 Å². The van der Waals surface area contributed by atoms with Gasteiger partial charge in [-0.2, -0.15) is 0 Å². The van der Waals surface area contributed by atoms with E-state index in [1.807, 2.05) is 36.4 Å². The predicted molar refractivity (Wildman–Crippen MR) is 79.6 cm³/mol. The molecule has 0 aliphatic carbocycles. The SMILES string of the molecule is CCCc1cc(NCC(Cl)c2ccccc2)ncn1. The lowest BCUT2D eigenvalue weighted by Crippen LogP contribution is -2.09. The fourth-order valence-corrected chi connectivity index (χ4v) is 2.08. The van der Waals surface area contributed by atoms with E-state index in [1.54, 1.807) is 6.33 Å². The number of benzene rings is 1. The lowest BCUT2D eigenvalue weighted by molar-refractivity contribution is 0.869. The standard InChI is InChI=1S/C15H18ClN3/c1-2-6-13-9-15(19-11-18-13)17-10-14(16)12-7-4-3-5-8-12/h3-5,7-9,11,14H,2,6,10H2,1H3,(H,17,18,19). The van der Waals surface area contributed by atoms with Crippen LogP contribution < -0.4 is 5.32 Å². The fourth-order valence-electron chi connectivity index (χ4n) is 1.86. The van der Waals surface area contributed by atoms with E-state index >= 15 is 0 Å². The van der Waals surface area contributed by atoms with Crippen LogP contribution in [0, 0.1) is 0 Å². The van der Waals surface area contributed by atoms with E-state index in [4.69, 9.17) is 11.6 Å². The van der Waals surface area contributed by atoms with Crippen LogP contribution in [0.4, 0.5) is 5.82 Å². The Hall–Kier alpha value is -1.61. The van der Waals surface area contributed by atoms with Gasteiger partial charge in [-0.15, -0.1) is 11.6 Å². The van der Waals surface area contributed by atoms with E-state index in [1.165, 1.54) is 0 Å². The van der Waals surface area contributed by atoms with Gasteiger partial charge in [-0.25, -0.2) is 9.97 Å². The number of halogens is 1. The number of aryl methyl sites for hydroxylation is 1. The van der Waals surface area contributed by atoms with Crippen LogP contribution in [-0.2, 0) is 6.42 Å². The molecule has 19 heavy (non-hydrogen) atoms. The smallest absolute Gasteiger partial charge is 0.129 e. The topological polar surface area (TPSA) is 37.8 Å². The second-order valence-corrected chi connectivity index (χ2v) is 4.93. The summed E-state index contributed by atoms with van der Waals surface area (Å²) in [5.74, 6) is 0.833. The van der Waals surface area contributed by atoms with E-state index < -0.39 is 0 Å². The summed E-state index contributed by atoms with van der Waals surface area (Å²) in [4.78, 5) is 8.44. The lowest BCUT2D eigenvalue weighted by atomic mass is 10.1. The average molecular weight is 276 g/mol. The number of alkyl halides is 1. The predicted octanol–water partition coefficient (Wildman–Crippen LogP) is 3.82. The van der Waals surface area contributed by atoms with Crippen LogP contribution in [0.5, 0.6) is 0 Å². The van der Waals surface area contributed by atoms with Gasteiger partial charge in [-0.1, -0.05) is 43.7 Å². The van der Waals surface area contributed by atoms with Crippen molar-refractivity contribution >= 4 is 17.4 Å². The van der Waals surface area contributed by atoms with Gasteiger partial charge in [0.2, 0.25) is 0 Å². The van der Waals surface area contributed by atoms with E-state index in [0.717, 1.165) is 29.9 Å². The summed E-state index contributed by atoms with van der Waals surface area (Å²) in [5, 5.41) is 3.19. The van der Waals surface area contributed by atoms with Crippen molar-refractivity contribution in [1.29, 1.82) is 0 Å². The molecule has 1 atom stereocenters. The summed E-state index contributed by atoms with van der Waals surface area (Å²) >= 11 is 6.35. The van der Waals surface area contributed by atoms with Crippen molar-refractivity contribution in [2.75, 3.05) is 11.9 Å². The second kappa shape index (κ2) is 7.10. The zero-order chi connectivity index (χ0) is 13.5. The molecule has 1 N–H and O–H groups in total. The van der Waals surface area contributed by atoms with Gasteiger partial charge in [0.05, 0.1) is 5.38 Å². The molecular formula is C15H18ClN3. The van der Waals surface area contributed by atoms with Gasteiger partial charge in [0.1, 0.15) is 12.1 Å². The Labute approximate surface area is 119 Å². The number of aromatic nitrogens is 2. The Bertz CT molecular complexity index is 502. The number of rotatable bonds is 6. The average Bonchev–Trinajstić information content (AvgIpc) is 2.46. The summed E-state index contributed by atoms with van der Waals surface area (Å²) in [7, 11) is 0. The Balaban J connectivity index is 1.93. The third-order valence-electron chi connectivity index (χ3n) is 2.85. The molecule has 0 amide bonds. The molecule has 1 unspecified atom stereocenters. The van der Waals surface area contributed by atoms with E-state index in [2.05, 4.69) is 22.2 Å². The van der Waals surface area contributed by atoms with Crippen LogP contribution >= 0.6 is 11.6 Å². The molecule has 0 spiro atoms. The second-order valence-electron chi connectivity index (χ2n) is 4.40. The highest BCUT2D eigenvalue weighted by Crippen LogP contribution is 2.20. The number of nitrogens with one attached hydrogen (secondary N) is 1. The molecule has 1 aromatic heterocycles. The number of anilines is 1. The van der Waals surface area contributed by atoms with Crippen molar-refractivity contribution in [2.24, 2.45) is 0 Å². The van der Waals surface area contributed by atoms with Crippen molar-refractivity contribution in [3.8, 4) is 0 Å². The first-order valence-electron chi connectivity index (χ1n) is 6.53. The zero-order valence-electron chi connectivity index (χ0n) is 11.0. The molecule has 2 aromatic rings. The summed E-state index contributed by atoms with van der Waals surface area (Å²) in [6.45, 7) is 2.79. The molecular weight excluding hydrogens is 258 g/mol. The molecule has 0 bridgehead atoms. The van der Waals surface area contributed by atoms with Crippen LogP contribution in [0.2, 0.25) is 0 Å². The molecule has 0 aliphatic heterocycles. The molecule has 1 aromatic carbocycles. The third kappa shape index (κ3) is 4.21. The Morgan fingerprint density at radius 1 is 1.21 bits per heavy atom. The zero-order valence-corrected chi connectivity index (χ0v) is 11.8. The highest BCUT2D eigenvalue weighted by Gasteiger charge is 2.07. The first kappa shape index (κ1) is 13.8. The van der Waals surface area contributed by atoms with E-state index in [-0.39, 0.29) is 5.38 Å². The maximum Gasteiger partial charge on any atom is 0.129 e. The molecule has 0 aliphatic rings. The van der Waals surface area contributed by atoms with Crippen molar-refractivity contribution in [3.63, 3.8) is 0 Å². The molecule has 0 saturated heterocycles. The maximum atomic E-state index is 6.35.